The molecule has 1 saturated carbocycles. The summed E-state index contributed by atoms with van der Waals surface area (Å²) in [7, 11) is 0. The van der Waals surface area contributed by atoms with E-state index >= 15 is 0 Å². The first kappa shape index (κ1) is 15.8. The quantitative estimate of drug-likeness (QED) is 0.840. The van der Waals surface area contributed by atoms with Gasteiger partial charge in [0, 0.05) is 6.54 Å². The fourth-order valence-corrected chi connectivity index (χ4v) is 2.77. The third-order valence-corrected chi connectivity index (χ3v) is 4.11. The molecule has 116 valence electrons. The third-order valence-electron chi connectivity index (χ3n) is 4.11. The molecule has 1 N–H and O–H groups in total. The average Bonchev–Trinajstić information content (AvgIpc) is 2.80. The van der Waals surface area contributed by atoms with Gasteiger partial charge < -0.3 is 5.32 Å². The lowest BCUT2D eigenvalue weighted by Gasteiger charge is -2.16. The van der Waals surface area contributed by atoms with Crippen molar-refractivity contribution in [3.05, 3.63) is 35.1 Å². The van der Waals surface area contributed by atoms with Crippen LogP contribution in [0.5, 0.6) is 0 Å². The van der Waals surface area contributed by atoms with Gasteiger partial charge in [-0.25, -0.2) is 4.39 Å². The van der Waals surface area contributed by atoms with E-state index < -0.39 is 29.0 Å². The van der Waals surface area contributed by atoms with Gasteiger partial charge in [0.05, 0.1) is 11.1 Å². The number of hydrogen-bond acceptors (Lipinski definition) is 1. The van der Waals surface area contributed by atoms with E-state index in [1.54, 1.807) is 0 Å². The molecule has 0 bridgehead atoms. The van der Waals surface area contributed by atoms with E-state index in [1.165, 1.54) is 0 Å². The molecule has 1 aromatic rings. The highest BCUT2D eigenvalue weighted by Gasteiger charge is 2.35. The van der Waals surface area contributed by atoms with Gasteiger partial charge in [-0.3, -0.25) is 4.79 Å². The topological polar surface area (TPSA) is 29.1 Å². The number of amides is 1. The molecule has 0 radical (unpaired) electrons. The van der Waals surface area contributed by atoms with Crippen molar-refractivity contribution in [1.82, 2.24) is 5.32 Å². The van der Waals surface area contributed by atoms with Crippen molar-refractivity contribution in [1.29, 1.82) is 0 Å². The van der Waals surface area contributed by atoms with Gasteiger partial charge in [0.15, 0.2) is 0 Å². The van der Waals surface area contributed by atoms with Crippen molar-refractivity contribution < 1.29 is 22.4 Å². The first-order chi connectivity index (χ1) is 9.80. The number of hydrogen-bond donors (Lipinski definition) is 1. The smallest absolute Gasteiger partial charge is 0.352 e. The van der Waals surface area contributed by atoms with E-state index in [4.69, 9.17) is 0 Å². The highest BCUT2D eigenvalue weighted by molar-refractivity contribution is 5.94. The molecule has 1 aromatic carbocycles. The summed E-state index contributed by atoms with van der Waals surface area (Å²) in [4.78, 5) is 11.9. The minimum absolute atomic E-state index is 0.308. The van der Waals surface area contributed by atoms with Gasteiger partial charge >= 0.3 is 6.18 Å². The maximum Gasteiger partial charge on any atom is 0.419 e. The number of carbonyl (C=O) groups excluding carboxylic acids is 1. The van der Waals surface area contributed by atoms with Crippen LogP contribution in [0.3, 0.4) is 0 Å². The molecule has 2 unspecified atom stereocenters. The fourth-order valence-electron chi connectivity index (χ4n) is 2.77. The minimum atomic E-state index is -4.81. The van der Waals surface area contributed by atoms with E-state index in [0.29, 0.717) is 24.4 Å². The summed E-state index contributed by atoms with van der Waals surface area (Å²) in [6.45, 7) is 2.45. The molecule has 2 rings (SSSR count). The lowest BCUT2D eigenvalue weighted by molar-refractivity contribution is -0.140. The molecule has 1 amide bonds. The number of halogens is 4. The first-order valence-corrected chi connectivity index (χ1v) is 6.94. The van der Waals surface area contributed by atoms with Gasteiger partial charge in [-0.05, 0) is 30.4 Å². The van der Waals surface area contributed by atoms with Crippen molar-refractivity contribution in [2.24, 2.45) is 11.8 Å². The summed E-state index contributed by atoms with van der Waals surface area (Å²) >= 11 is 0. The predicted molar refractivity (Wildman–Crippen MR) is 70.2 cm³/mol. The Bertz CT molecular complexity index is 527. The summed E-state index contributed by atoms with van der Waals surface area (Å²) in [5, 5.41) is 2.54. The molecule has 0 saturated heterocycles. The van der Waals surface area contributed by atoms with Gasteiger partial charge in [-0.15, -0.1) is 0 Å². The van der Waals surface area contributed by atoms with Crippen LogP contribution in [0.1, 0.15) is 42.1 Å². The Morgan fingerprint density at radius 3 is 2.62 bits per heavy atom. The van der Waals surface area contributed by atoms with Crippen LogP contribution in [0.15, 0.2) is 18.2 Å². The molecule has 0 spiro atoms. The second-order valence-corrected chi connectivity index (χ2v) is 5.54. The number of alkyl halides is 3. The lowest BCUT2D eigenvalue weighted by atomic mass is 9.98. The van der Waals surface area contributed by atoms with E-state index in [0.717, 1.165) is 31.4 Å². The standard InChI is InChI=1S/C15H17F4NO/c1-9-4-2-5-10(9)8-20-14(21)11-6-3-7-12(13(11)16)15(17,18)19/h3,6-7,9-10H,2,4-5,8H2,1H3,(H,20,21). The second kappa shape index (κ2) is 6.03. The van der Waals surface area contributed by atoms with Gasteiger partial charge in [0.25, 0.3) is 5.91 Å². The van der Waals surface area contributed by atoms with E-state index in [9.17, 15) is 22.4 Å². The molecule has 0 aromatic heterocycles. The van der Waals surface area contributed by atoms with E-state index in [-0.39, 0.29) is 0 Å². The number of rotatable bonds is 3. The molecule has 6 heteroatoms. The highest BCUT2D eigenvalue weighted by atomic mass is 19.4. The molecule has 0 aliphatic heterocycles. The second-order valence-electron chi connectivity index (χ2n) is 5.54. The number of nitrogens with one attached hydrogen (secondary N) is 1. The first-order valence-electron chi connectivity index (χ1n) is 6.94. The highest BCUT2D eigenvalue weighted by Crippen LogP contribution is 2.33. The van der Waals surface area contributed by atoms with Crippen molar-refractivity contribution >= 4 is 5.91 Å². The molecule has 2 atom stereocenters. The van der Waals surface area contributed by atoms with Crippen molar-refractivity contribution in [2.75, 3.05) is 6.54 Å². The van der Waals surface area contributed by atoms with Gasteiger partial charge in [0.1, 0.15) is 5.82 Å². The zero-order valence-corrected chi connectivity index (χ0v) is 11.6. The zero-order chi connectivity index (χ0) is 15.6. The van der Waals surface area contributed by atoms with Crippen LogP contribution < -0.4 is 5.32 Å². The Morgan fingerprint density at radius 2 is 2.05 bits per heavy atom. The Kier molecular flexibility index (Phi) is 4.54. The van der Waals surface area contributed by atoms with E-state index in [1.807, 2.05) is 0 Å². The van der Waals surface area contributed by atoms with Crippen LogP contribution in [-0.2, 0) is 6.18 Å². The Morgan fingerprint density at radius 1 is 1.33 bits per heavy atom. The van der Waals surface area contributed by atoms with E-state index in [2.05, 4.69) is 12.2 Å². The lowest BCUT2D eigenvalue weighted by Crippen LogP contribution is -2.31. The molecular weight excluding hydrogens is 286 g/mol. The molecule has 21 heavy (non-hydrogen) atoms. The number of benzene rings is 1. The van der Waals surface area contributed by atoms with Crippen LogP contribution in [0.2, 0.25) is 0 Å². The molecule has 1 aliphatic carbocycles. The summed E-state index contributed by atoms with van der Waals surface area (Å²) in [5.74, 6) is -1.53. The average molecular weight is 303 g/mol. The summed E-state index contributed by atoms with van der Waals surface area (Å²) in [6, 6.07) is 2.74. The fraction of sp³-hybridized carbons (Fsp3) is 0.533. The van der Waals surface area contributed by atoms with Crippen LogP contribution >= 0.6 is 0 Å². The number of carbonyl (C=O) groups is 1. The van der Waals surface area contributed by atoms with Crippen molar-refractivity contribution in [3.8, 4) is 0 Å². The zero-order valence-electron chi connectivity index (χ0n) is 11.6. The summed E-state index contributed by atoms with van der Waals surface area (Å²) in [6.07, 6.45) is -1.66. The van der Waals surface area contributed by atoms with Gasteiger partial charge in [0.2, 0.25) is 0 Å². The Labute approximate surface area is 120 Å². The normalized spacial score (nSPS) is 22.3. The molecule has 0 heterocycles. The largest absolute Gasteiger partial charge is 0.419 e. The molecular formula is C15H17F4NO. The van der Waals surface area contributed by atoms with Crippen molar-refractivity contribution in [3.63, 3.8) is 0 Å². The molecule has 2 nitrogen and oxygen atoms in total. The predicted octanol–water partition coefficient (Wildman–Crippen LogP) is 4.01. The molecule has 1 aliphatic rings. The Hall–Kier alpha value is -1.59. The maximum atomic E-state index is 13.8. The summed E-state index contributed by atoms with van der Waals surface area (Å²) < 4.78 is 51.6. The van der Waals surface area contributed by atoms with Crippen LogP contribution in [-0.4, -0.2) is 12.5 Å². The SMILES string of the molecule is CC1CCCC1CNC(=O)c1cccc(C(F)(F)F)c1F. The Balaban J connectivity index is 2.09. The van der Waals surface area contributed by atoms with Crippen molar-refractivity contribution in [2.45, 2.75) is 32.4 Å². The summed E-state index contributed by atoms with van der Waals surface area (Å²) in [5.41, 5.74) is -1.97. The monoisotopic (exact) mass is 303 g/mol. The van der Waals surface area contributed by atoms with Gasteiger partial charge in [-0.2, -0.15) is 13.2 Å². The van der Waals surface area contributed by atoms with Crippen LogP contribution in [0, 0.1) is 17.7 Å². The van der Waals surface area contributed by atoms with Crippen LogP contribution in [0.25, 0.3) is 0 Å². The maximum absolute atomic E-state index is 13.8. The van der Waals surface area contributed by atoms with Gasteiger partial charge in [-0.1, -0.05) is 25.8 Å². The molecule has 1 fully saturated rings. The minimum Gasteiger partial charge on any atom is -0.352 e. The van der Waals surface area contributed by atoms with Crippen LogP contribution in [0.4, 0.5) is 17.6 Å². The third kappa shape index (κ3) is 3.54.